The van der Waals surface area contributed by atoms with Crippen LogP contribution in [-0.4, -0.2) is 6.29 Å². The summed E-state index contributed by atoms with van der Waals surface area (Å²) in [5.41, 5.74) is 0.545. The van der Waals surface area contributed by atoms with Gasteiger partial charge in [0.15, 0.2) is 0 Å². The van der Waals surface area contributed by atoms with Gasteiger partial charge < -0.3 is 0 Å². The first-order valence-corrected chi connectivity index (χ1v) is 4.16. The molecular formula is C7H3Br2O. The number of benzene rings is 1. The van der Waals surface area contributed by atoms with Crippen LogP contribution in [0, 0.1) is 0 Å². The summed E-state index contributed by atoms with van der Waals surface area (Å²) in [5.74, 6) is 0. The molecule has 1 nitrogen and oxygen atoms in total. The first-order valence-electron chi connectivity index (χ1n) is 2.57. The first-order chi connectivity index (χ1) is 4.74. The molecule has 10 heavy (non-hydrogen) atoms. The maximum absolute atomic E-state index is 10.2. The average molecular weight is 263 g/mol. The van der Waals surface area contributed by atoms with E-state index in [1.165, 1.54) is 0 Å². The molecule has 0 heterocycles. The number of carbonyl (C=O) groups excluding carboxylic acids is 1. The predicted molar refractivity (Wildman–Crippen MR) is 46.6 cm³/mol. The minimum Gasteiger partial charge on any atom is -0.285 e. The molecule has 0 atom stereocenters. The van der Waals surface area contributed by atoms with Gasteiger partial charge in [0.2, 0.25) is 6.29 Å². The third-order valence-electron chi connectivity index (χ3n) is 1.04. The minimum atomic E-state index is 0.545. The predicted octanol–water partition coefficient (Wildman–Crippen LogP) is 2.67. The Morgan fingerprint density at radius 2 is 2.00 bits per heavy atom. The maximum atomic E-state index is 10.2. The van der Waals surface area contributed by atoms with E-state index < -0.39 is 0 Å². The van der Waals surface area contributed by atoms with E-state index in [4.69, 9.17) is 0 Å². The van der Waals surface area contributed by atoms with Gasteiger partial charge in [-0.2, -0.15) is 0 Å². The van der Waals surface area contributed by atoms with Crippen LogP contribution in [0.1, 0.15) is 5.56 Å². The van der Waals surface area contributed by atoms with Gasteiger partial charge >= 0.3 is 0 Å². The Labute approximate surface area is 75.7 Å². The van der Waals surface area contributed by atoms with Crippen LogP contribution in [0.3, 0.4) is 0 Å². The van der Waals surface area contributed by atoms with Crippen LogP contribution in [0.5, 0.6) is 0 Å². The normalized spacial score (nSPS) is 9.40. The van der Waals surface area contributed by atoms with E-state index in [0.717, 1.165) is 8.95 Å². The Morgan fingerprint density at radius 1 is 1.30 bits per heavy atom. The van der Waals surface area contributed by atoms with Gasteiger partial charge in [-0.15, -0.1) is 0 Å². The van der Waals surface area contributed by atoms with Gasteiger partial charge in [0.1, 0.15) is 0 Å². The Kier molecular flexibility index (Phi) is 2.63. The highest BCUT2D eigenvalue weighted by Crippen LogP contribution is 2.19. The summed E-state index contributed by atoms with van der Waals surface area (Å²) < 4.78 is 1.70. The van der Waals surface area contributed by atoms with E-state index in [-0.39, 0.29) is 0 Å². The molecule has 0 fully saturated rings. The van der Waals surface area contributed by atoms with E-state index in [0.29, 0.717) is 5.56 Å². The number of halogens is 2. The summed E-state index contributed by atoms with van der Waals surface area (Å²) in [4.78, 5) is 10.2. The highest BCUT2D eigenvalue weighted by molar-refractivity contribution is 9.11. The molecule has 0 N–H and O–H groups in total. The van der Waals surface area contributed by atoms with Crippen molar-refractivity contribution in [1.82, 2.24) is 0 Å². The standard InChI is InChI=1S/C7H3Br2O/c8-6-2-1-5(4-10)7(9)3-6/h1-3H. The van der Waals surface area contributed by atoms with Gasteiger partial charge in [0.25, 0.3) is 0 Å². The van der Waals surface area contributed by atoms with E-state index in [1.54, 1.807) is 24.5 Å². The number of hydrogen-bond donors (Lipinski definition) is 0. The Bertz CT molecular complexity index is 258. The highest BCUT2D eigenvalue weighted by atomic mass is 79.9. The van der Waals surface area contributed by atoms with Crippen molar-refractivity contribution >= 4 is 38.1 Å². The van der Waals surface area contributed by atoms with Crippen LogP contribution < -0.4 is 0 Å². The summed E-state index contributed by atoms with van der Waals surface area (Å²) in [6, 6.07) is 5.30. The maximum Gasteiger partial charge on any atom is 0.234 e. The summed E-state index contributed by atoms with van der Waals surface area (Å²) in [5, 5.41) is 0. The fraction of sp³-hybridized carbons (Fsp3) is 0. The summed E-state index contributed by atoms with van der Waals surface area (Å²) in [7, 11) is 0. The molecule has 1 aromatic carbocycles. The van der Waals surface area contributed by atoms with Gasteiger partial charge in [0, 0.05) is 14.5 Å². The topological polar surface area (TPSA) is 17.1 Å². The third kappa shape index (κ3) is 1.67. The van der Waals surface area contributed by atoms with E-state index in [9.17, 15) is 4.79 Å². The molecule has 0 amide bonds. The SMILES string of the molecule is O=[C]c1ccc(Br)cc1Br. The highest BCUT2D eigenvalue weighted by Gasteiger charge is 1.97. The number of hydrogen-bond acceptors (Lipinski definition) is 1. The van der Waals surface area contributed by atoms with Crippen molar-refractivity contribution < 1.29 is 4.79 Å². The lowest BCUT2D eigenvalue weighted by molar-refractivity contribution is 0.562. The fourth-order valence-electron chi connectivity index (χ4n) is 0.572. The van der Waals surface area contributed by atoms with Crippen LogP contribution >= 0.6 is 31.9 Å². The first kappa shape index (κ1) is 7.95. The zero-order valence-corrected chi connectivity index (χ0v) is 8.07. The van der Waals surface area contributed by atoms with E-state index >= 15 is 0 Å². The molecule has 0 spiro atoms. The molecule has 3 heteroatoms. The van der Waals surface area contributed by atoms with Crippen LogP contribution in [-0.2, 0) is 4.79 Å². The average Bonchev–Trinajstić information content (AvgIpc) is 1.88. The van der Waals surface area contributed by atoms with Crippen LogP contribution in [0.15, 0.2) is 27.1 Å². The summed E-state index contributed by atoms with van der Waals surface area (Å²) in [6.45, 7) is 0. The largest absolute Gasteiger partial charge is 0.285 e. The van der Waals surface area contributed by atoms with Gasteiger partial charge in [-0.05, 0) is 34.1 Å². The minimum absolute atomic E-state index is 0.545. The molecule has 0 aromatic heterocycles. The molecule has 0 saturated carbocycles. The van der Waals surface area contributed by atoms with Crippen LogP contribution in [0.25, 0.3) is 0 Å². The molecule has 0 aliphatic heterocycles. The fourth-order valence-corrected chi connectivity index (χ4v) is 1.70. The van der Waals surface area contributed by atoms with E-state index in [2.05, 4.69) is 31.9 Å². The molecule has 0 saturated heterocycles. The quantitative estimate of drug-likeness (QED) is 0.761. The van der Waals surface area contributed by atoms with Crippen molar-refractivity contribution in [3.05, 3.63) is 32.7 Å². The lowest BCUT2D eigenvalue weighted by atomic mass is 10.2. The van der Waals surface area contributed by atoms with Gasteiger partial charge in [-0.1, -0.05) is 15.9 Å². The summed E-state index contributed by atoms with van der Waals surface area (Å²) >= 11 is 6.48. The van der Waals surface area contributed by atoms with Gasteiger partial charge in [0.05, 0.1) is 0 Å². The van der Waals surface area contributed by atoms with Gasteiger partial charge in [-0.25, -0.2) is 0 Å². The molecule has 1 radical (unpaired) electrons. The Hall–Kier alpha value is -0.150. The number of rotatable bonds is 1. The van der Waals surface area contributed by atoms with E-state index in [1.807, 2.05) is 0 Å². The van der Waals surface area contributed by atoms with Crippen molar-refractivity contribution in [1.29, 1.82) is 0 Å². The molecule has 51 valence electrons. The van der Waals surface area contributed by atoms with Crippen molar-refractivity contribution in [2.45, 2.75) is 0 Å². The van der Waals surface area contributed by atoms with Crippen molar-refractivity contribution in [2.75, 3.05) is 0 Å². The van der Waals surface area contributed by atoms with Crippen molar-refractivity contribution in [3.8, 4) is 0 Å². The van der Waals surface area contributed by atoms with Crippen molar-refractivity contribution in [3.63, 3.8) is 0 Å². The van der Waals surface area contributed by atoms with Crippen LogP contribution in [0.4, 0.5) is 0 Å². The van der Waals surface area contributed by atoms with Crippen LogP contribution in [0.2, 0.25) is 0 Å². The molecule has 0 aliphatic carbocycles. The molecule has 0 aliphatic rings. The smallest absolute Gasteiger partial charge is 0.234 e. The summed E-state index contributed by atoms with van der Waals surface area (Å²) in [6.07, 6.45) is 1.80. The lowest BCUT2D eigenvalue weighted by Crippen LogP contribution is -1.80. The molecule has 0 unspecified atom stereocenters. The zero-order chi connectivity index (χ0) is 7.56. The second-order valence-electron chi connectivity index (χ2n) is 1.73. The molecular weight excluding hydrogens is 260 g/mol. The monoisotopic (exact) mass is 261 g/mol. The van der Waals surface area contributed by atoms with Gasteiger partial charge in [-0.3, -0.25) is 4.79 Å². The zero-order valence-electron chi connectivity index (χ0n) is 4.90. The van der Waals surface area contributed by atoms with Crippen molar-refractivity contribution in [2.24, 2.45) is 0 Å². The lowest BCUT2D eigenvalue weighted by Gasteiger charge is -1.93. The molecule has 1 aromatic rings. The second kappa shape index (κ2) is 3.30. The second-order valence-corrected chi connectivity index (χ2v) is 3.50. The molecule has 0 bridgehead atoms. The molecule has 1 rings (SSSR count). The Balaban J connectivity index is 3.19. The Morgan fingerprint density at radius 3 is 2.50 bits per heavy atom. The third-order valence-corrected chi connectivity index (χ3v) is 2.19.